The molecule has 5 N–H and O–H groups in total. The van der Waals surface area contributed by atoms with Gasteiger partial charge in [-0.3, -0.25) is 0 Å². The van der Waals surface area contributed by atoms with Gasteiger partial charge in [0.1, 0.15) is 5.82 Å². The molecule has 0 unspecified atom stereocenters. The monoisotopic (exact) mass is 379 g/mol. The van der Waals surface area contributed by atoms with E-state index in [0.717, 1.165) is 27.8 Å². The van der Waals surface area contributed by atoms with Crippen molar-refractivity contribution < 1.29 is 14.7 Å². The van der Waals surface area contributed by atoms with Gasteiger partial charge in [0.15, 0.2) is 11.5 Å². The largest absolute Gasteiger partial charge is 0.493 e. The molecule has 1 heterocycles. The van der Waals surface area contributed by atoms with Gasteiger partial charge >= 0.3 is 0 Å². The number of nitrogen functional groups attached to an aromatic ring is 2. The minimum absolute atomic E-state index is 0.140. The normalized spacial score (nSPS) is 10.9. The quantitative estimate of drug-likeness (QED) is 0.341. The first-order valence-corrected chi connectivity index (χ1v) is 8.45. The number of nitrogens with zero attached hydrogens (tertiary/aromatic N) is 3. The van der Waals surface area contributed by atoms with E-state index in [0.29, 0.717) is 23.7 Å². The summed E-state index contributed by atoms with van der Waals surface area (Å²) >= 11 is 0. The van der Waals surface area contributed by atoms with Crippen LogP contribution in [0.3, 0.4) is 0 Å². The average Bonchev–Trinajstić information content (AvgIpc) is 2.70. The topological polar surface area (TPSA) is 129 Å². The Hall–Kier alpha value is -3.81. The molecule has 8 heteroatoms. The molecule has 0 spiro atoms. The molecule has 2 aromatic carbocycles. The average molecular weight is 379 g/mol. The highest BCUT2D eigenvalue weighted by Gasteiger charge is 2.15. The third kappa shape index (κ3) is 3.96. The van der Waals surface area contributed by atoms with Gasteiger partial charge in [0.05, 0.1) is 20.4 Å². The third-order valence-corrected chi connectivity index (χ3v) is 4.28. The standard InChI is InChI=1S/C20H21N5O3/c1-27-17-9-13(7-15-11-23-20(22)25-19(15)21)8-16(18(17)28-2)14-5-3-12(4-6-14)10-24-26/h3-6,8-11,26H,7H2,1-2H3,(H4,21,22,23,25)/b24-10+. The molecule has 0 fully saturated rings. The number of oxime groups is 1. The minimum Gasteiger partial charge on any atom is -0.493 e. The van der Waals surface area contributed by atoms with E-state index >= 15 is 0 Å². The van der Waals surface area contributed by atoms with Gasteiger partial charge in [-0.25, -0.2) is 4.98 Å². The summed E-state index contributed by atoms with van der Waals surface area (Å²) in [5, 5.41) is 11.7. The second-order valence-corrected chi connectivity index (χ2v) is 6.06. The number of hydrogen-bond acceptors (Lipinski definition) is 8. The van der Waals surface area contributed by atoms with Crippen molar-refractivity contribution in [2.45, 2.75) is 6.42 Å². The van der Waals surface area contributed by atoms with E-state index in [1.807, 2.05) is 36.4 Å². The van der Waals surface area contributed by atoms with Crippen molar-refractivity contribution >= 4 is 18.0 Å². The van der Waals surface area contributed by atoms with Gasteiger partial charge in [0, 0.05) is 23.7 Å². The first-order valence-electron chi connectivity index (χ1n) is 8.45. The molecule has 3 aromatic rings. The maximum atomic E-state index is 8.68. The molecule has 0 atom stereocenters. The zero-order chi connectivity index (χ0) is 20.1. The Morgan fingerprint density at radius 2 is 1.86 bits per heavy atom. The van der Waals surface area contributed by atoms with Gasteiger partial charge in [0.25, 0.3) is 0 Å². The Kier molecular flexibility index (Phi) is 5.59. The van der Waals surface area contributed by atoms with Crippen molar-refractivity contribution in [3.8, 4) is 22.6 Å². The molecular weight excluding hydrogens is 358 g/mol. The van der Waals surface area contributed by atoms with Crippen molar-refractivity contribution in [3.05, 3.63) is 59.3 Å². The lowest BCUT2D eigenvalue weighted by atomic mass is 9.97. The zero-order valence-corrected chi connectivity index (χ0v) is 15.6. The van der Waals surface area contributed by atoms with Crippen LogP contribution in [0, 0.1) is 0 Å². The molecule has 1 aromatic heterocycles. The number of methoxy groups -OCH3 is 2. The fourth-order valence-electron chi connectivity index (χ4n) is 2.94. The van der Waals surface area contributed by atoms with Crippen LogP contribution in [0.1, 0.15) is 16.7 Å². The Morgan fingerprint density at radius 3 is 2.46 bits per heavy atom. The van der Waals surface area contributed by atoms with Crippen LogP contribution in [-0.4, -0.2) is 35.6 Å². The Morgan fingerprint density at radius 1 is 1.11 bits per heavy atom. The summed E-state index contributed by atoms with van der Waals surface area (Å²) in [4.78, 5) is 8.03. The van der Waals surface area contributed by atoms with Crippen molar-refractivity contribution in [3.63, 3.8) is 0 Å². The molecule has 0 aliphatic heterocycles. The van der Waals surface area contributed by atoms with Crippen LogP contribution in [0.2, 0.25) is 0 Å². The van der Waals surface area contributed by atoms with E-state index in [-0.39, 0.29) is 5.95 Å². The summed E-state index contributed by atoms with van der Waals surface area (Å²) < 4.78 is 11.1. The fraction of sp³-hybridized carbons (Fsp3) is 0.150. The molecule has 144 valence electrons. The number of aromatic nitrogens is 2. The van der Waals surface area contributed by atoms with E-state index in [1.54, 1.807) is 20.4 Å². The summed E-state index contributed by atoms with van der Waals surface area (Å²) in [6.45, 7) is 0. The summed E-state index contributed by atoms with van der Waals surface area (Å²) in [6.07, 6.45) is 3.49. The van der Waals surface area contributed by atoms with Gasteiger partial charge in [-0.05, 0) is 28.8 Å². The molecule has 0 radical (unpaired) electrons. The van der Waals surface area contributed by atoms with E-state index in [2.05, 4.69) is 15.1 Å². The van der Waals surface area contributed by atoms with Crippen LogP contribution in [0.5, 0.6) is 11.5 Å². The maximum Gasteiger partial charge on any atom is 0.221 e. The minimum atomic E-state index is 0.140. The Balaban J connectivity index is 2.06. The second kappa shape index (κ2) is 8.26. The lowest BCUT2D eigenvalue weighted by Gasteiger charge is -2.16. The predicted molar refractivity (Wildman–Crippen MR) is 108 cm³/mol. The fourth-order valence-corrected chi connectivity index (χ4v) is 2.94. The molecule has 0 aliphatic rings. The van der Waals surface area contributed by atoms with Gasteiger partial charge in [-0.15, -0.1) is 0 Å². The third-order valence-electron chi connectivity index (χ3n) is 4.28. The lowest BCUT2D eigenvalue weighted by molar-refractivity contribution is 0.322. The Labute approximate surface area is 162 Å². The highest BCUT2D eigenvalue weighted by atomic mass is 16.5. The molecule has 0 saturated carbocycles. The van der Waals surface area contributed by atoms with Crippen molar-refractivity contribution in [2.24, 2.45) is 5.16 Å². The van der Waals surface area contributed by atoms with E-state index in [1.165, 1.54) is 6.21 Å². The highest BCUT2D eigenvalue weighted by Crippen LogP contribution is 2.40. The zero-order valence-electron chi connectivity index (χ0n) is 15.6. The molecule has 0 bridgehead atoms. The first kappa shape index (κ1) is 19.0. The predicted octanol–water partition coefficient (Wildman–Crippen LogP) is 2.72. The second-order valence-electron chi connectivity index (χ2n) is 6.06. The summed E-state index contributed by atoms with van der Waals surface area (Å²) in [6, 6.07) is 11.4. The summed E-state index contributed by atoms with van der Waals surface area (Å²) in [5.41, 5.74) is 15.8. The molecular formula is C20H21N5O3. The number of ether oxygens (including phenoxy) is 2. The first-order chi connectivity index (χ1) is 13.5. The van der Waals surface area contributed by atoms with Gasteiger partial charge in [-0.2, -0.15) is 4.98 Å². The van der Waals surface area contributed by atoms with Crippen LogP contribution in [-0.2, 0) is 6.42 Å². The van der Waals surface area contributed by atoms with E-state index in [4.69, 9.17) is 26.1 Å². The van der Waals surface area contributed by atoms with Crippen LogP contribution in [0.4, 0.5) is 11.8 Å². The molecule has 0 amide bonds. The van der Waals surface area contributed by atoms with Crippen LogP contribution >= 0.6 is 0 Å². The van der Waals surface area contributed by atoms with Crippen LogP contribution < -0.4 is 20.9 Å². The number of anilines is 2. The number of nitrogens with two attached hydrogens (primary N) is 2. The molecule has 0 aliphatic carbocycles. The van der Waals surface area contributed by atoms with Crippen molar-refractivity contribution in [1.29, 1.82) is 0 Å². The number of hydrogen-bond donors (Lipinski definition) is 3. The van der Waals surface area contributed by atoms with Crippen LogP contribution in [0.25, 0.3) is 11.1 Å². The number of benzene rings is 2. The lowest BCUT2D eigenvalue weighted by Crippen LogP contribution is -2.04. The van der Waals surface area contributed by atoms with E-state index in [9.17, 15) is 0 Å². The summed E-state index contributed by atoms with van der Waals surface area (Å²) in [7, 11) is 3.19. The molecule has 3 rings (SSSR count). The SMILES string of the molecule is COc1cc(Cc2cnc(N)nc2N)cc(-c2ccc(/C=N/O)cc2)c1OC. The van der Waals surface area contributed by atoms with Gasteiger partial charge in [0.2, 0.25) is 5.95 Å². The van der Waals surface area contributed by atoms with Gasteiger partial charge in [-0.1, -0.05) is 29.4 Å². The molecule has 8 nitrogen and oxygen atoms in total. The molecule has 28 heavy (non-hydrogen) atoms. The smallest absolute Gasteiger partial charge is 0.221 e. The van der Waals surface area contributed by atoms with Crippen molar-refractivity contribution in [2.75, 3.05) is 25.7 Å². The van der Waals surface area contributed by atoms with Crippen LogP contribution in [0.15, 0.2) is 47.8 Å². The number of rotatable bonds is 6. The van der Waals surface area contributed by atoms with Gasteiger partial charge < -0.3 is 26.1 Å². The summed E-state index contributed by atoms with van der Waals surface area (Å²) in [5.74, 6) is 1.71. The molecule has 0 saturated heterocycles. The highest BCUT2D eigenvalue weighted by molar-refractivity contribution is 5.82. The maximum absolute atomic E-state index is 8.68. The Bertz CT molecular complexity index is 1000. The van der Waals surface area contributed by atoms with Crippen molar-refractivity contribution in [1.82, 2.24) is 9.97 Å². The van der Waals surface area contributed by atoms with E-state index < -0.39 is 0 Å².